The van der Waals surface area contributed by atoms with Gasteiger partial charge in [0.25, 0.3) is 5.56 Å². The Morgan fingerprint density at radius 1 is 1.33 bits per heavy atom. The number of hydrogen-bond acceptors (Lipinski definition) is 5. The van der Waals surface area contributed by atoms with Crippen molar-refractivity contribution in [2.45, 2.75) is 19.7 Å². The summed E-state index contributed by atoms with van der Waals surface area (Å²) in [6, 6.07) is 4.80. The molecule has 0 spiro atoms. The fourth-order valence-electron chi connectivity index (χ4n) is 2.19. The van der Waals surface area contributed by atoms with Crippen LogP contribution in [0.5, 0.6) is 0 Å². The van der Waals surface area contributed by atoms with Crippen molar-refractivity contribution in [1.29, 1.82) is 0 Å². The standard InChI is InChI=1S/C15H12F3N3O2S/c1-2-23-7-10-19-12-11(21-24-13(12)14(22)20-10)8-4-3-5-9(6-8)15(16,17)18/h3-6H,2,7H2,1H3,(H,19,20,22). The maximum absolute atomic E-state index is 12.9. The van der Waals surface area contributed by atoms with E-state index in [9.17, 15) is 18.0 Å². The molecule has 24 heavy (non-hydrogen) atoms. The lowest BCUT2D eigenvalue weighted by Crippen LogP contribution is -2.11. The molecule has 1 aromatic carbocycles. The highest BCUT2D eigenvalue weighted by Crippen LogP contribution is 2.34. The molecule has 0 fully saturated rings. The molecule has 3 rings (SSSR count). The summed E-state index contributed by atoms with van der Waals surface area (Å²) in [6.07, 6.45) is -4.45. The van der Waals surface area contributed by atoms with Crippen molar-refractivity contribution in [3.63, 3.8) is 0 Å². The van der Waals surface area contributed by atoms with Crippen LogP contribution in [0.3, 0.4) is 0 Å². The Balaban J connectivity index is 2.13. The van der Waals surface area contributed by atoms with Gasteiger partial charge in [-0.3, -0.25) is 4.79 Å². The van der Waals surface area contributed by atoms with Gasteiger partial charge in [0.15, 0.2) is 0 Å². The van der Waals surface area contributed by atoms with Crippen LogP contribution < -0.4 is 5.56 Å². The lowest BCUT2D eigenvalue weighted by Gasteiger charge is -2.07. The average Bonchev–Trinajstić information content (AvgIpc) is 2.97. The van der Waals surface area contributed by atoms with Crippen molar-refractivity contribution in [2.75, 3.05) is 6.61 Å². The second-order valence-electron chi connectivity index (χ2n) is 4.94. The predicted octanol–water partition coefficient (Wildman–Crippen LogP) is 3.60. The number of nitrogens with zero attached hydrogens (tertiary/aromatic N) is 2. The Hall–Kier alpha value is -2.26. The Morgan fingerprint density at radius 3 is 2.83 bits per heavy atom. The summed E-state index contributed by atoms with van der Waals surface area (Å²) in [5, 5.41) is 0. The minimum absolute atomic E-state index is 0.111. The summed E-state index contributed by atoms with van der Waals surface area (Å²) >= 11 is 0.903. The molecule has 0 unspecified atom stereocenters. The first-order valence-electron chi connectivity index (χ1n) is 7.04. The van der Waals surface area contributed by atoms with Crippen LogP contribution in [0.15, 0.2) is 29.1 Å². The van der Waals surface area contributed by atoms with E-state index in [1.54, 1.807) is 6.92 Å². The van der Waals surface area contributed by atoms with Crippen molar-refractivity contribution < 1.29 is 17.9 Å². The van der Waals surface area contributed by atoms with Gasteiger partial charge in [-0.15, -0.1) is 0 Å². The van der Waals surface area contributed by atoms with E-state index in [1.165, 1.54) is 12.1 Å². The SMILES string of the molecule is CCOCc1nc2c(-c3cccc(C(F)(F)F)c3)nsc2c(=O)[nH]1. The van der Waals surface area contributed by atoms with Gasteiger partial charge in [0.2, 0.25) is 0 Å². The first-order chi connectivity index (χ1) is 11.4. The lowest BCUT2D eigenvalue weighted by molar-refractivity contribution is -0.137. The average molecular weight is 355 g/mol. The molecule has 0 radical (unpaired) electrons. The van der Waals surface area contributed by atoms with E-state index in [1.807, 2.05) is 0 Å². The van der Waals surface area contributed by atoms with Gasteiger partial charge >= 0.3 is 6.18 Å². The minimum Gasteiger partial charge on any atom is -0.374 e. The third kappa shape index (κ3) is 3.17. The van der Waals surface area contributed by atoms with E-state index in [2.05, 4.69) is 14.3 Å². The van der Waals surface area contributed by atoms with E-state index < -0.39 is 11.7 Å². The van der Waals surface area contributed by atoms with E-state index in [0.717, 1.165) is 23.7 Å². The molecule has 0 saturated heterocycles. The van der Waals surface area contributed by atoms with Crippen LogP contribution in [-0.2, 0) is 17.5 Å². The molecule has 3 aromatic rings. The highest BCUT2D eigenvalue weighted by Gasteiger charge is 2.30. The zero-order valence-corrected chi connectivity index (χ0v) is 13.3. The number of rotatable bonds is 4. The summed E-state index contributed by atoms with van der Waals surface area (Å²) in [4.78, 5) is 18.9. The van der Waals surface area contributed by atoms with Crippen LogP contribution in [0, 0.1) is 0 Å². The summed E-state index contributed by atoms with van der Waals surface area (Å²) < 4.78 is 48.3. The highest BCUT2D eigenvalue weighted by atomic mass is 32.1. The quantitative estimate of drug-likeness (QED) is 0.776. The molecule has 5 nitrogen and oxygen atoms in total. The first-order valence-corrected chi connectivity index (χ1v) is 7.81. The summed E-state index contributed by atoms with van der Waals surface area (Å²) in [5.41, 5.74) is -0.370. The van der Waals surface area contributed by atoms with Crippen LogP contribution in [0.2, 0.25) is 0 Å². The highest BCUT2D eigenvalue weighted by molar-refractivity contribution is 7.13. The van der Waals surface area contributed by atoms with Gasteiger partial charge in [-0.05, 0) is 30.6 Å². The second-order valence-corrected chi connectivity index (χ2v) is 5.71. The topological polar surface area (TPSA) is 67.9 Å². The third-order valence-electron chi connectivity index (χ3n) is 3.28. The number of alkyl halides is 3. The van der Waals surface area contributed by atoms with Gasteiger partial charge in [-0.25, -0.2) is 4.98 Å². The third-order valence-corrected chi connectivity index (χ3v) is 4.12. The molecule has 0 bridgehead atoms. The molecule has 0 atom stereocenters. The van der Waals surface area contributed by atoms with E-state index in [-0.39, 0.29) is 33.6 Å². The maximum Gasteiger partial charge on any atom is 0.416 e. The fourth-order valence-corrected chi connectivity index (χ4v) is 2.93. The van der Waals surface area contributed by atoms with Gasteiger partial charge in [-0.2, -0.15) is 17.5 Å². The molecule has 0 aliphatic heterocycles. The van der Waals surface area contributed by atoms with Gasteiger partial charge in [0.1, 0.15) is 28.3 Å². The van der Waals surface area contributed by atoms with Gasteiger partial charge in [0.05, 0.1) is 5.56 Å². The van der Waals surface area contributed by atoms with Crippen molar-refractivity contribution in [2.24, 2.45) is 0 Å². The Labute approximate surface area is 138 Å². The Kier molecular flexibility index (Phi) is 4.37. The first kappa shape index (κ1) is 16.6. The largest absolute Gasteiger partial charge is 0.416 e. The monoisotopic (exact) mass is 355 g/mol. The van der Waals surface area contributed by atoms with Crippen molar-refractivity contribution in [1.82, 2.24) is 14.3 Å². The van der Waals surface area contributed by atoms with E-state index >= 15 is 0 Å². The predicted molar refractivity (Wildman–Crippen MR) is 83.8 cm³/mol. The van der Waals surface area contributed by atoms with Gasteiger partial charge in [0, 0.05) is 12.2 Å². The fraction of sp³-hybridized carbons (Fsp3) is 0.267. The Morgan fingerprint density at radius 2 is 2.12 bits per heavy atom. The smallest absolute Gasteiger partial charge is 0.374 e. The number of benzene rings is 1. The molecule has 2 aromatic heterocycles. The second kappa shape index (κ2) is 6.33. The van der Waals surface area contributed by atoms with Crippen LogP contribution in [-0.4, -0.2) is 20.9 Å². The summed E-state index contributed by atoms with van der Waals surface area (Å²) in [5.74, 6) is 0.308. The minimum atomic E-state index is -4.45. The molecule has 2 heterocycles. The number of fused-ring (bicyclic) bond motifs is 1. The molecule has 0 aliphatic carbocycles. The van der Waals surface area contributed by atoms with Crippen molar-refractivity contribution in [3.8, 4) is 11.3 Å². The Bertz CT molecular complexity index is 934. The van der Waals surface area contributed by atoms with Crippen LogP contribution >= 0.6 is 11.5 Å². The molecule has 1 N–H and O–H groups in total. The number of H-pyrrole nitrogens is 1. The zero-order valence-electron chi connectivity index (χ0n) is 12.5. The summed E-state index contributed by atoms with van der Waals surface area (Å²) in [7, 11) is 0. The molecular formula is C15H12F3N3O2S. The number of aromatic amines is 1. The molecule has 0 amide bonds. The van der Waals surface area contributed by atoms with Gasteiger partial charge in [-0.1, -0.05) is 12.1 Å². The lowest BCUT2D eigenvalue weighted by atomic mass is 10.1. The molecule has 0 aliphatic rings. The molecule has 126 valence electrons. The maximum atomic E-state index is 12.9. The van der Waals surface area contributed by atoms with Crippen LogP contribution in [0.25, 0.3) is 21.5 Å². The van der Waals surface area contributed by atoms with Crippen molar-refractivity contribution >= 4 is 21.7 Å². The van der Waals surface area contributed by atoms with E-state index in [0.29, 0.717) is 12.4 Å². The van der Waals surface area contributed by atoms with Crippen LogP contribution in [0.1, 0.15) is 18.3 Å². The normalized spacial score (nSPS) is 12.0. The number of hydrogen-bond donors (Lipinski definition) is 1. The number of ether oxygens (including phenoxy) is 1. The molecule has 0 saturated carbocycles. The zero-order chi connectivity index (χ0) is 17.3. The number of halogens is 3. The molecular weight excluding hydrogens is 343 g/mol. The molecule has 9 heteroatoms. The van der Waals surface area contributed by atoms with E-state index in [4.69, 9.17) is 4.74 Å². The van der Waals surface area contributed by atoms with Crippen molar-refractivity contribution in [3.05, 3.63) is 46.0 Å². The van der Waals surface area contributed by atoms with Gasteiger partial charge < -0.3 is 9.72 Å². The van der Waals surface area contributed by atoms with Crippen LogP contribution in [0.4, 0.5) is 13.2 Å². The number of aromatic nitrogens is 3. The number of nitrogens with one attached hydrogen (secondary N) is 1. The summed E-state index contributed by atoms with van der Waals surface area (Å²) in [6.45, 7) is 2.36.